The second-order valence-corrected chi connectivity index (χ2v) is 8.18. The number of ketones is 1. The maximum atomic E-state index is 12.2. The fraction of sp³-hybridized carbons (Fsp3) is 0.100. The number of carbonyl (C=O) groups excluding carboxylic acids is 1. The lowest BCUT2D eigenvalue weighted by molar-refractivity contribution is 0.105. The van der Waals surface area contributed by atoms with Crippen LogP contribution < -0.4 is 4.74 Å². The molecule has 26 heavy (non-hydrogen) atoms. The van der Waals surface area contributed by atoms with Crippen molar-refractivity contribution in [3.05, 3.63) is 80.6 Å². The van der Waals surface area contributed by atoms with E-state index in [1.807, 2.05) is 53.9 Å². The van der Waals surface area contributed by atoms with Crippen LogP contribution in [0, 0.1) is 0 Å². The fourth-order valence-corrected chi connectivity index (χ4v) is 4.48. The lowest BCUT2D eigenvalue weighted by Crippen LogP contribution is -1.93. The number of carbonyl (C=O) groups is 1. The Morgan fingerprint density at radius 1 is 1.31 bits per heavy atom. The first-order valence-electron chi connectivity index (χ1n) is 7.83. The SMILES string of the molecule is COc1ccc(/C=C/C(=O)c2cc(Br)cs2)cc1CSc1ccccn1. The average molecular weight is 446 g/mol. The first-order chi connectivity index (χ1) is 12.7. The zero-order chi connectivity index (χ0) is 18.4. The molecule has 0 atom stereocenters. The van der Waals surface area contributed by atoms with Gasteiger partial charge >= 0.3 is 0 Å². The molecular formula is C20H16BrNO2S2. The minimum Gasteiger partial charge on any atom is -0.496 e. The molecule has 0 aliphatic heterocycles. The molecule has 3 nitrogen and oxygen atoms in total. The summed E-state index contributed by atoms with van der Waals surface area (Å²) in [5.74, 6) is 1.58. The van der Waals surface area contributed by atoms with Crippen molar-refractivity contribution in [1.29, 1.82) is 0 Å². The van der Waals surface area contributed by atoms with Crippen LogP contribution in [0.2, 0.25) is 0 Å². The molecule has 0 N–H and O–H groups in total. The third kappa shape index (κ3) is 5.06. The summed E-state index contributed by atoms with van der Waals surface area (Å²) in [7, 11) is 1.66. The summed E-state index contributed by atoms with van der Waals surface area (Å²) in [4.78, 5) is 17.3. The molecule has 0 spiro atoms. The third-order valence-electron chi connectivity index (χ3n) is 3.56. The highest BCUT2D eigenvalue weighted by Crippen LogP contribution is 2.28. The Kier molecular flexibility index (Phi) is 6.66. The van der Waals surface area contributed by atoms with Crippen molar-refractivity contribution in [2.75, 3.05) is 7.11 Å². The van der Waals surface area contributed by atoms with Crippen molar-refractivity contribution in [3.63, 3.8) is 0 Å². The molecule has 2 heterocycles. The number of hydrogen-bond acceptors (Lipinski definition) is 5. The Hall–Kier alpha value is -1.89. The van der Waals surface area contributed by atoms with Gasteiger partial charge in [-0.15, -0.1) is 23.1 Å². The van der Waals surface area contributed by atoms with Crippen molar-refractivity contribution in [3.8, 4) is 5.75 Å². The zero-order valence-corrected chi connectivity index (χ0v) is 17.2. The first kappa shape index (κ1) is 18.9. The van der Waals surface area contributed by atoms with Gasteiger partial charge in [-0.25, -0.2) is 4.98 Å². The van der Waals surface area contributed by atoms with E-state index >= 15 is 0 Å². The Morgan fingerprint density at radius 3 is 2.88 bits per heavy atom. The van der Waals surface area contributed by atoms with Gasteiger partial charge in [0.2, 0.25) is 0 Å². The van der Waals surface area contributed by atoms with Gasteiger partial charge in [0.25, 0.3) is 0 Å². The number of benzene rings is 1. The normalized spacial score (nSPS) is 11.0. The van der Waals surface area contributed by atoms with Crippen LogP contribution in [-0.4, -0.2) is 17.9 Å². The molecule has 0 unspecified atom stereocenters. The summed E-state index contributed by atoms with van der Waals surface area (Å²) < 4.78 is 6.39. The highest BCUT2D eigenvalue weighted by molar-refractivity contribution is 9.10. The van der Waals surface area contributed by atoms with Crippen LogP contribution in [0.25, 0.3) is 6.08 Å². The number of thiophene rings is 1. The van der Waals surface area contributed by atoms with Gasteiger partial charge in [-0.3, -0.25) is 4.79 Å². The number of hydrogen-bond donors (Lipinski definition) is 0. The number of methoxy groups -OCH3 is 1. The molecule has 0 fully saturated rings. The molecule has 3 aromatic rings. The van der Waals surface area contributed by atoms with Crippen LogP contribution in [0.5, 0.6) is 5.75 Å². The molecule has 132 valence electrons. The molecule has 0 amide bonds. The number of aromatic nitrogens is 1. The van der Waals surface area contributed by atoms with E-state index in [-0.39, 0.29) is 5.78 Å². The van der Waals surface area contributed by atoms with Crippen LogP contribution >= 0.6 is 39.0 Å². The lowest BCUT2D eigenvalue weighted by atomic mass is 10.1. The highest BCUT2D eigenvalue weighted by Gasteiger charge is 2.07. The molecule has 0 aliphatic carbocycles. The van der Waals surface area contributed by atoms with Crippen molar-refractivity contribution >= 4 is 50.9 Å². The summed E-state index contributed by atoms with van der Waals surface area (Å²) in [5, 5.41) is 2.87. The van der Waals surface area contributed by atoms with Crippen molar-refractivity contribution in [2.45, 2.75) is 10.8 Å². The predicted octanol–water partition coefficient (Wildman–Crippen LogP) is 6.10. The van der Waals surface area contributed by atoms with Crippen molar-refractivity contribution in [2.24, 2.45) is 0 Å². The molecule has 3 rings (SSSR count). The van der Waals surface area contributed by atoms with Gasteiger partial charge in [-0.2, -0.15) is 0 Å². The zero-order valence-electron chi connectivity index (χ0n) is 14.0. The van der Waals surface area contributed by atoms with Crippen LogP contribution in [0.1, 0.15) is 20.8 Å². The summed E-state index contributed by atoms with van der Waals surface area (Å²) in [6.45, 7) is 0. The summed E-state index contributed by atoms with van der Waals surface area (Å²) in [6.07, 6.45) is 5.23. The molecule has 0 aliphatic rings. The Bertz CT molecular complexity index is 923. The topological polar surface area (TPSA) is 39.2 Å². The molecule has 1 aromatic carbocycles. The fourth-order valence-electron chi connectivity index (χ4n) is 2.30. The molecule has 0 saturated carbocycles. The molecule has 0 bridgehead atoms. The number of rotatable bonds is 7. The number of allylic oxidation sites excluding steroid dienone is 1. The number of pyridine rings is 1. The molecule has 0 saturated heterocycles. The van der Waals surface area contributed by atoms with E-state index in [0.717, 1.165) is 32.1 Å². The third-order valence-corrected chi connectivity index (χ3v) is 6.25. The van der Waals surface area contributed by atoms with Crippen LogP contribution in [0.4, 0.5) is 0 Å². The minimum absolute atomic E-state index is 0.000860. The number of thioether (sulfide) groups is 1. The standard InChI is InChI=1S/C20H16BrNO2S2/c1-24-18-8-6-14(5-7-17(23)19-11-16(21)13-25-19)10-15(18)12-26-20-4-2-3-9-22-20/h2-11,13H,12H2,1H3/b7-5+. The molecule has 6 heteroatoms. The molecule has 2 aromatic heterocycles. The van der Waals surface area contributed by atoms with Crippen molar-refractivity contribution < 1.29 is 9.53 Å². The van der Waals surface area contributed by atoms with Gasteiger partial charge in [0.15, 0.2) is 5.78 Å². The monoisotopic (exact) mass is 445 g/mol. The second kappa shape index (κ2) is 9.16. The van der Waals surface area contributed by atoms with E-state index in [0.29, 0.717) is 4.88 Å². The second-order valence-electron chi connectivity index (χ2n) is 5.35. The van der Waals surface area contributed by atoms with Crippen molar-refractivity contribution in [1.82, 2.24) is 4.98 Å². The maximum absolute atomic E-state index is 12.2. The Balaban J connectivity index is 1.74. The number of ether oxygens (including phenoxy) is 1. The summed E-state index contributed by atoms with van der Waals surface area (Å²) in [6, 6.07) is 13.6. The average Bonchev–Trinajstić information content (AvgIpc) is 3.12. The van der Waals surface area contributed by atoms with Crippen LogP contribution in [0.3, 0.4) is 0 Å². The number of nitrogens with zero attached hydrogens (tertiary/aromatic N) is 1. The quantitative estimate of drug-likeness (QED) is 0.250. The van der Waals surface area contributed by atoms with Gasteiger partial charge in [-0.1, -0.05) is 18.2 Å². The predicted molar refractivity (Wildman–Crippen MR) is 112 cm³/mol. The highest BCUT2D eigenvalue weighted by atomic mass is 79.9. The lowest BCUT2D eigenvalue weighted by Gasteiger charge is -2.09. The molecular weight excluding hydrogens is 430 g/mol. The Labute approximate surface area is 169 Å². The maximum Gasteiger partial charge on any atom is 0.195 e. The largest absolute Gasteiger partial charge is 0.496 e. The minimum atomic E-state index is 0.000860. The van der Waals surface area contributed by atoms with E-state index in [2.05, 4.69) is 20.9 Å². The Morgan fingerprint density at radius 2 is 2.19 bits per heavy atom. The van der Waals surface area contributed by atoms with Gasteiger partial charge in [-0.05, 0) is 57.9 Å². The van der Waals surface area contributed by atoms with E-state index < -0.39 is 0 Å². The van der Waals surface area contributed by atoms with Gasteiger partial charge in [0.1, 0.15) is 5.75 Å². The molecule has 0 radical (unpaired) electrons. The van der Waals surface area contributed by atoms with E-state index in [4.69, 9.17) is 4.74 Å². The van der Waals surface area contributed by atoms with E-state index in [1.165, 1.54) is 11.3 Å². The summed E-state index contributed by atoms with van der Waals surface area (Å²) >= 11 is 6.45. The van der Waals surface area contributed by atoms with Crippen LogP contribution in [-0.2, 0) is 5.75 Å². The smallest absolute Gasteiger partial charge is 0.195 e. The number of halogens is 1. The van der Waals surface area contributed by atoms with Gasteiger partial charge in [0, 0.05) is 27.4 Å². The van der Waals surface area contributed by atoms with Gasteiger partial charge in [0.05, 0.1) is 17.0 Å². The van der Waals surface area contributed by atoms with Crippen LogP contribution in [0.15, 0.2) is 69.6 Å². The van der Waals surface area contributed by atoms with Gasteiger partial charge < -0.3 is 4.74 Å². The van der Waals surface area contributed by atoms with E-state index in [1.54, 1.807) is 31.1 Å². The van der Waals surface area contributed by atoms with E-state index in [9.17, 15) is 4.79 Å². The first-order valence-corrected chi connectivity index (χ1v) is 10.5. The summed E-state index contributed by atoms with van der Waals surface area (Å²) in [5.41, 5.74) is 2.03.